The van der Waals surface area contributed by atoms with Gasteiger partial charge >= 0.3 is 11.9 Å². The predicted octanol–water partition coefficient (Wildman–Crippen LogP) is 5.31. The highest BCUT2D eigenvalue weighted by atomic mass is 32.1. The lowest BCUT2D eigenvalue weighted by Crippen LogP contribution is -2.42. The first kappa shape index (κ1) is 36.3. The maximum absolute atomic E-state index is 13.5. The minimum Gasteiger partial charge on any atom is -0.480 e. The molecule has 6 N–H and O–H groups in total. The summed E-state index contributed by atoms with van der Waals surface area (Å²) in [6.07, 6.45) is 4.06. The van der Waals surface area contributed by atoms with E-state index in [4.69, 9.17) is 10.8 Å². The number of aliphatic carboxylic acids is 1. The van der Waals surface area contributed by atoms with Crippen molar-refractivity contribution in [2.75, 3.05) is 17.3 Å². The van der Waals surface area contributed by atoms with Crippen LogP contribution in [0.5, 0.6) is 0 Å². The molecule has 0 spiro atoms. The standard InChI is InChI=1S/C26H29N3O4S2.C6H12N2O3/c1-15(2)29(25(31)18-6-4-16(3)5-7-18)21-12-22(35-23(21)26(32)33)17-8-10-19(11-9-17)28-24(30)20-13-34-14-27-20;1-8-4(6(10)11)2-3-5(7)9/h8-16,18H,4-7H2,1-3H3,(H,28,30)(H,32,33);4,8H,2-3H2,1H3,(H2,7,9)(H,10,11)/t;4-/m.1/s1. The number of anilines is 2. The number of carbonyl (C=O) groups is 5. The molecule has 3 aromatic rings. The molecule has 248 valence electrons. The fraction of sp³-hybridized carbons (Fsp3) is 0.438. The number of hydrogen-bond donors (Lipinski definition) is 5. The molecule has 1 fully saturated rings. The number of nitrogens with two attached hydrogens (primary N) is 1. The number of thiazole rings is 1. The Balaban J connectivity index is 0.000000449. The lowest BCUT2D eigenvalue weighted by Gasteiger charge is -2.33. The van der Waals surface area contributed by atoms with E-state index in [-0.39, 0.29) is 41.5 Å². The van der Waals surface area contributed by atoms with E-state index in [0.29, 0.717) is 23.0 Å². The summed E-state index contributed by atoms with van der Waals surface area (Å²) in [5.74, 6) is -2.20. The van der Waals surface area contributed by atoms with Crippen molar-refractivity contribution < 1.29 is 34.2 Å². The van der Waals surface area contributed by atoms with Crippen molar-refractivity contribution in [1.29, 1.82) is 0 Å². The van der Waals surface area contributed by atoms with Crippen LogP contribution in [0.4, 0.5) is 11.4 Å². The number of primary amides is 1. The van der Waals surface area contributed by atoms with Gasteiger partial charge in [0.1, 0.15) is 16.6 Å². The summed E-state index contributed by atoms with van der Waals surface area (Å²) in [4.78, 5) is 65.1. The number of carbonyl (C=O) groups excluding carboxylic acids is 3. The highest BCUT2D eigenvalue weighted by molar-refractivity contribution is 7.18. The molecule has 12 nitrogen and oxygen atoms in total. The molecule has 1 aromatic carbocycles. The summed E-state index contributed by atoms with van der Waals surface area (Å²) >= 11 is 2.51. The van der Waals surface area contributed by atoms with Gasteiger partial charge in [-0.25, -0.2) is 9.78 Å². The molecule has 4 rings (SSSR count). The number of hydrogen-bond acceptors (Lipinski definition) is 9. The highest BCUT2D eigenvalue weighted by Crippen LogP contribution is 2.40. The Kier molecular flexibility index (Phi) is 13.4. The number of nitrogens with one attached hydrogen (secondary N) is 2. The zero-order chi connectivity index (χ0) is 34.0. The van der Waals surface area contributed by atoms with Gasteiger partial charge in [-0.15, -0.1) is 22.7 Å². The number of benzene rings is 1. The van der Waals surface area contributed by atoms with Crippen molar-refractivity contribution in [3.8, 4) is 10.4 Å². The topological polar surface area (TPSA) is 192 Å². The first-order valence-electron chi connectivity index (χ1n) is 15.0. The SMILES string of the molecule is CC1CCC(C(=O)N(c2cc(-c3ccc(NC(=O)c4cscn4)cc3)sc2C(=O)O)C(C)C)CC1.CN[C@H](CCC(N)=O)C(=O)O. The summed E-state index contributed by atoms with van der Waals surface area (Å²) in [5, 5.41) is 25.4. The van der Waals surface area contributed by atoms with E-state index in [9.17, 15) is 29.1 Å². The largest absolute Gasteiger partial charge is 0.480 e. The third-order valence-electron chi connectivity index (χ3n) is 7.70. The van der Waals surface area contributed by atoms with Crippen molar-refractivity contribution in [1.82, 2.24) is 10.3 Å². The fourth-order valence-corrected chi connectivity index (χ4v) is 6.65. The number of nitrogens with zero attached hydrogens (tertiary/aromatic N) is 2. The molecule has 14 heteroatoms. The normalized spacial score (nSPS) is 16.5. The van der Waals surface area contributed by atoms with E-state index in [0.717, 1.165) is 47.5 Å². The van der Waals surface area contributed by atoms with Gasteiger partial charge in [0.05, 0.1) is 11.2 Å². The average molecular weight is 672 g/mol. The summed E-state index contributed by atoms with van der Waals surface area (Å²) in [6, 6.07) is 8.18. The number of rotatable bonds is 12. The smallest absolute Gasteiger partial charge is 0.348 e. The van der Waals surface area contributed by atoms with Crippen molar-refractivity contribution in [3.63, 3.8) is 0 Å². The lowest BCUT2D eigenvalue weighted by molar-refractivity contribution is -0.139. The number of carboxylic acids is 2. The van der Waals surface area contributed by atoms with Crippen LogP contribution in [-0.4, -0.2) is 64.0 Å². The van der Waals surface area contributed by atoms with Crippen molar-refractivity contribution in [2.24, 2.45) is 17.6 Å². The van der Waals surface area contributed by atoms with E-state index in [1.54, 1.807) is 34.0 Å². The molecule has 1 saturated carbocycles. The first-order valence-corrected chi connectivity index (χ1v) is 16.8. The minimum atomic E-state index is -1.04. The van der Waals surface area contributed by atoms with E-state index in [2.05, 4.69) is 22.5 Å². The Hall–Kier alpha value is -4.14. The molecule has 0 radical (unpaired) electrons. The summed E-state index contributed by atoms with van der Waals surface area (Å²) in [7, 11) is 1.53. The van der Waals surface area contributed by atoms with Gasteiger partial charge in [0, 0.05) is 34.3 Å². The van der Waals surface area contributed by atoms with Gasteiger partial charge < -0.3 is 31.5 Å². The molecule has 2 heterocycles. The number of amides is 3. The number of thiophene rings is 1. The molecule has 3 amide bonds. The molecule has 46 heavy (non-hydrogen) atoms. The van der Waals surface area contributed by atoms with Gasteiger partial charge in [0.25, 0.3) is 5.91 Å². The minimum absolute atomic E-state index is 0.0128. The molecule has 1 aliphatic rings. The van der Waals surface area contributed by atoms with Crippen LogP contribution in [0.1, 0.15) is 79.5 Å². The third-order valence-corrected chi connectivity index (χ3v) is 9.45. The Morgan fingerprint density at radius 1 is 1.07 bits per heavy atom. The zero-order valence-electron chi connectivity index (χ0n) is 26.3. The number of aromatic nitrogens is 1. The molecule has 0 aliphatic heterocycles. The second-order valence-electron chi connectivity index (χ2n) is 11.5. The van der Waals surface area contributed by atoms with Crippen molar-refractivity contribution in [3.05, 3.63) is 51.8 Å². The maximum atomic E-state index is 13.5. The number of carboxylic acid groups (broad SMARTS) is 2. The maximum Gasteiger partial charge on any atom is 0.348 e. The molecule has 2 aromatic heterocycles. The van der Waals surface area contributed by atoms with E-state index >= 15 is 0 Å². The highest BCUT2D eigenvalue weighted by Gasteiger charge is 2.33. The van der Waals surface area contributed by atoms with Crippen LogP contribution in [0.3, 0.4) is 0 Å². The lowest BCUT2D eigenvalue weighted by atomic mass is 9.82. The second-order valence-corrected chi connectivity index (χ2v) is 13.2. The van der Waals surface area contributed by atoms with Crippen LogP contribution in [0.15, 0.2) is 41.2 Å². The van der Waals surface area contributed by atoms with Crippen molar-refractivity contribution in [2.45, 2.75) is 71.4 Å². The van der Waals surface area contributed by atoms with Crippen LogP contribution >= 0.6 is 22.7 Å². The van der Waals surface area contributed by atoms with Gasteiger partial charge in [0.2, 0.25) is 11.8 Å². The summed E-state index contributed by atoms with van der Waals surface area (Å²) in [5.41, 5.74) is 8.69. The van der Waals surface area contributed by atoms with Crippen LogP contribution < -0.4 is 21.3 Å². The molecular formula is C32H41N5O7S2. The van der Waals surface area contributed by atoms with E-state index < -0.39 is 23.9 Å². The fourth-order valence-electron chi connectivity index (χ4n) is 5.13. The number of aromatic carboxylic acids is 1. The van der Waals surface area contributed by atoms with Crippen LogP contribution in [-0.2, 0) is 14.4 Å². The second kappa shape index (κ2) is 17.0. The first-order chi connectivity index (χ1) is 21.8. The predicted molar refractivity (Wildman–Crippen MR) is 179 cm³/mol. The molecule has 1 atom stereocenters. The monoisotopic (exact) mass is 671 g/mol. The Morgan fingerprint density at radius 3 is 2.22 bits per heavy atom. The van der Waals surface area contributed by atoms with Crippen molar-refractivity contribution >= 4 is 63.7 Å². The third kappa shape index (κ3) is 9.93. The molecule has 0 unspecified atom stereocenters. The van der Waals surface area contributed by atoms with Crippen LogP contribution in [0, 0.1) is 11.8 Å². The molecular weight excluding hydrogens is 631 g/mol. The summed E-state index contributed by atoms with van der Waals surface area (Å²) in [6.45, 7) is 6.06. The Bertz CT molecular complexity index is 1500. The quantitative estimate of drug-likeness (QED) is 0.170. The van der Waals surface area contributed by atoms with E-state index in [1.165, 1.54) is 18.4 Å². The number of likely N-dealkylation sites (N-methyl/N-ethyl adjacent to an activating group) is 1. The Labute approximate surface area is 276 Å². The van der Waals surface area contributed by atoms with Gasteiger partial charge in [-0.05, 0) is 82.7 Å². The van der Waals surface area contributed by atoms with E-state index in [1.807, 2.05) is 26.0 Å². The van der Waals surface area contributed by atoms with Crippen LogP contribution in [0.25, 0.3) is 10.4 Å². The van der Waals surface area contributed by atoms with Gasteiger partial charge in [-0.2, -0.15) is 0 Å². The summed E-state index contributed by atoms with van der Waals surface area (Å²) < 4.78 is 0. The Morgan fingerprint density at radius 2 is 1.72 bits per heavy atom. The molecule has 0 saturated heterocycles. The van der Waals surface area contributed by atoms with Gasteiger partial charge in [0.15, 0.2) is 0 Å². The van der Waals surface area contributed by atoms with Crippen LogP contribution in [0.2, 0.25) is 0 Å². The zero-order valence-corrected chi connectivity index (χ0v) is 28.0. The van der Waals surface area contributed by atoms with Gasteiger partial charge in [-0.3, -0.25) is 19.2 Å². The molecule has 1 aliphatic carbocycles. The van der Waals surface area contributed by atoms with Gasteiger partial charge in [-0.1, -0.05) is 19.1 Å². The molecule has 0 bridgehead atoms. The average Bonchev–Trinajstić information content (AvgIpc) is 3.70.